The van der Waals surface area contributed by atoms with Gasteiger partial charge in [0.1, 0.15) is 0 Å². The number of ether oxygens (including phenoxy) is 1. The van der Waals surface area contributed by atoms with E-state index >= 15 is 0 Å². The summed E-state index contributed by atoms with van der Waals surface area (Å²) in [5, 5.41) is 6.29. The summed E-state index contributed by atoms with van der Waals surface area (Å²) < 4.78 is 4.81. The van der Waals surface area contributed by atoms with Gasteiger partial charge in [-0.3, -0.25) is 9.59 Å². The highest BCUT2D eigenvalue weighted by molar-refractivity contribution is 6.37. The molecule has 1 aliphatic heterocycles. The van der Waals surface area contributed by atoms with Gasteiger partial charge in [-0.1, -0.05) is 36.4 Å². The van der Waals surface area contributed by atoms with Crippen LogP contribution in [0.3, 0.4) is 0 Å². The van der Waals surface area contributed by atoms with E-state index in [1.165, 1.54) is 7.11 Å². The lowest BCUT2D eigenvalue weighted by Crippen LogP contribution is -2.37. The van der Waals surface area contributed by atoms with Crippen molar-refractivity contribution in [1.82, 2.24) is 4.90 Å². The van der Waals surface area contributed by atoms with Crippen LogP contribution in [0.15, 0.2) is 72.8 Å². The minimum absolute atomic E-state index is 0.0193. The number of likely N-dealkylation sites (N-methyl/N-ethyl adjacent to an activating group) is 2. The van der Waals surface area contributed by atoms with Gasteiger partial charge in [0.05, 0.1) is 36.2 Å². The number of benzene rings is 3. The number of nitrogens with zero attached hydrogens (tertiary/aromatic N) is 2. The lowest BCUT2D eigenvalue weighted by atomic mass is 9.99. The van der Waals surface area contributed by atoms with Gasteiger partial charge in [-0.15, -0.1) is 0 Å². The Kier molecular flexibility index (Phi) is 7.69. The zero-order chi connectivity index (χ0) is 26.5. The fraction of sp³-hybridized carbons (Fsp3) is 0.207. The van der Waals surface area contributed by atoms with E-state index < -0.39 is 5.97 Å². The quantitative estimate of drug-likeness (QED) is 0.355. The monoisotopic (exact) mass is 498 g/mol. The van der Waals surface area contributed by atoms with Crippen molar-refractivity contribution in [2.75, 3.05) is 49.8 Å². The van der Waals surface area contributed by atoms with Crippen molar-refractivity contribution in [2.45, 2.75) is 6.92 Å². The molecule has 0 fully saturated rings. The van der Waals surface area contributed by atoms with Gasteiger partial charge in [-0.05, 0) is 63.0 Å². The molecule has 1 heterocycles. The fourth-order valence-corrected chi connectivity index (χ4v) is 4.28. The molecule has 2 amide bonds. The van der Waals surface area contributed by atoms with Crippen LogP contribution in [0.25, 0.3) is 11.3 Å². The Morgan fingerprint density at radius 2 is 1.65 bits per heavy atom. The number of anilines is 3. The van der Waals surface area contributed by atoms with Crippen molar-refractivity contribution >= 4 is 46.1 Å². The maximum absolute atomic E-state index is 13.2. The molecule has 0 saturated carbocycles. The first kappa shape index (κ1) is 25.7. The number of nitrogens with one attached hydrogen (secondary N) is 2. The Morgan fingerprint density at radius 3 is 2.27 bits per heavy atom. The Labute approximate surface area is 216 Å². The summed E-state index contributed by atoms with van der Waals surface area (Å²) in [4.78, 5) is 41.4. The topological polar surface area (TPSA) is 91.0 Å². The first-order chi connectivity index (χ1) is 17.8. The van der Waals surface area contributed by atoms with E-state index in [1.807, 2.05) is 80.5 Å². The second-order valence-electron chi connectivity index (χ2n) is 8.87. The highest BCUT2D eigenvalue weighted by atomic mass is 16.5. The smallest absolute Gasteiger partial charge is 0.337 e. The molecule has 4 rings (SSSR count). The zero-order valence-corrected chi connectivity index (χ0v) is 21.4. The van der Waals surface area contributed by atoms with Crippen LogP contribution in [-0.2, 0) is 14.3 Å². The molecule has 0 unspecified atom stereocenters. The molecule has 37 heavy (non-hydrogen) atoms. The molecule has 2 N–H and O–H groups in total. The summed E-state index contributed by atoms with van der Waals surface area (Å²) in [6, 6.07) is 22.1. The average Bonchev–Trinajstić information content (AvgIpc) is 3.22. The normalized spacial score (nSPS) is 13.6. The van der Waals surface area contributed by atoms with Crippen LogP contribution in [0.4, 0.5) is 17.1 Å². The van der Waals surface area contributed by atoms with Crippen molar-refractivity contribution in [3.8, 4) is 0 Å². The third kappa shape index (κ3) is 5.54. The third-order valence-corrected chi connectivity index (χ3v) is 6.01. The molecule has 0 bridgehead atoms. The molecular weight excluding hydrogens is 468 g/mol. The van der Waals surface area contributed by atoms with E-state index in [-0.39, 0.29) is 11.8 Å². The van der Waals surface area contributed by atoms with Gasteiger partial charge < -0.3 is 25.2 Å². The molecule has 0 aliphatic carbocycles. The Morgan fingerprint density at radius 1 is 0.946 bits per heavy atom. The molecule has 8 nitrogen and oxygen atoms in total. The van der Waals surface area contributed by atoms with E-state index in [0.717, 1.165) is 16.9 Å². The van der Waals surface area contributed by atoms with Crippen molar-refractivity contribution in [2.24, 2.45) is 0 Å². The summed E-state index contributed by atoms with van der Waals surface area (Å²) >= 11 is 0. The van der Waals surface area contributed by atoms with E-state index in [9.17, 15) is 14.4 Å². The van der Waals surface area contributed by atoms with Crippen molar-refractivity contribution < 1.29 is 19.1 Å². The molecule has 0 saturated heterocycles. The molecule has 3 aromatic carbocycles. The Hall–Kier alpha value is -4.43. The number of rotatable bonds is 8. The van der Waals surface area contributed by atoms with Gasteiger partial charge in [0, 0.05) is 23.5 Å². The minimum atomic E-state index is -0.471. The van der Waals surface area contributed by atoms with Crippen molar-refractivity contribution in [3.63, 3.8) is 0 Å². The van der Waals surface area contributed by atoms with Gasteiger partial charge >= 0.3 is 5.97 Å². The molecular formula is C29H30N4O4. The maximum atomic E-state index is 13.2. The molecule has 8 heteroatoms. The van der Waals surface area contributed by atoms with Gasteiger partial charge in [0.15, 0.2) is 0 Å². The average molecular weight is 499 g/mol. The lowest BCUT2D eigenvalue weighted by Gasteiger charge is -2.23. The number of amides is 2. The van der Waals surface area contributed by atoms with E-state index in [2.05, 4.69) is 10.6 Å². The lowest BCUT2D eigenvalue weighted by molar-refractivity contribution is -0.119. The third-order valence-electron chi connectivity index (χ3n) is 6.01. The first-order valence-corrected chi connectivity index (χ1v) is 12.0. The molecule has 3 aromatic rings. The van der Waals surface area contributed by atoms with Crippen LogP contribution in [-0.4, -0.2) is 57.0 Å². The minimum Gasteiger partial charge on any atom is -0.465 e. The maximum Gasteiger partial charge on any atom is 0.337 e. The number of hydrogen-bond acceptors (Lipinski definition) is 6. The number of fused-ring (bicyclic) bond motifs is 1. The van der Waals surface area contributed by atoms with E-state index in [4.69, 9.17) is 4.74 Å². The van der Waals surface area contributed by atoms with Crippen molar-refractivity contribution in [3.05, 3.63) is 89.5 Å². The number of hydrogen-bond donors (Lipinski definition) is 2. The predicted molar refractivity (Wildman–Crippen MR) is 146 cm³/mol. The molecule has 1 aliphatic rings. The van der Waals surface area contributed by atoms with Gasteiger partial charge in [-0.25, -0.2) is 4.79 Å². The number of methoxy groups -OCH3 is 1. The van der Waals surface area contributed by atoms with Crippen LogP contribution in [0, 0.1) is 0 Å². The summed E-state index contributed by atoms with van der Waals surface area (Å²) in [6.07, 6.45) is 0. The van der Waals surface area contributed by atoms with Gasteiger partial charge in [0.2, 0.25) is 5.91 Å². The SMILES string of the molecule is CCN(C(=O)CN(C)C)c1ccc(N/C(=C2\C(=O)Nc3cc(C(=O)OC)ccc32)c2ccccc2)cc1. The predicted octanol–water partition coefficient (Wildman–Crippen LogP) is 4.32. The highest BCUT2D eigenvalue weighted by Gasteiger charge is 2.29. The summed E-state index contributed by atoms with van der Waals surface area (Å²) in [5.41, 5.74) is 5.09. The van der Waals surface area contributed by atoms with Gasteiger partial charge in [-0.2, -0.15) is 0 Å². The summed E-state index contributed by atoms with van der Waals surface area (Å²) in [5.74, 6) is -0.724. The number of carbonyl (C=O) groups excluding carboxylic acids is 3. The Balaban J connectivity index is 1.72. The van der Waals surface area contributed by atoms with Crippen LogP contribution in [0.5, 0.6) is 0 Å². The highest BCUT2D eigenvalue weighted by Crippen LogP contribution is 2.38. The largest absolute Gasteiger partial charge is 0.465 e. The molecule has 0 spiro atoms. The number of carbonyl (C=O) groups is 3. The first-order valence-electron chi connectivity index (χ1n) is 12.0. The second-order valence-corrected chi connectivity index (χ2v) is 8.87. The van der Waals surface area contributed by atoms with Crippen LogP contribution >= 0.6 is 0 Å². The van der Waals surface area contributed by atoms with Crippen LogP contribution in [0.2, 0.25) is 0 Å². The molecule has 0 radical (unpaired) electrons. The fourth-order valence-electron chi connectivity index (χ4n) is 4.28. The van der Waals surface area contributed by atoms with Crippen LogP contribution in [0.1, 0.15) is 28.4 Å². The Bertz CT molecular complexity index is 1350. The zero-order valence-electron chi connectivity index (χ0n) is 21.4. The number of esters is 1. The molecule has 0 atom stereocenters. The van der Waals surface area contributed by atoms with Gasteiger partial charge in [0.25, 0.3) is 5.91 Å². The molecule has 0 aromatic heterocycles. The summed E-state index contributed by atoms with van der Waals surface area (Å²) in [7, 11) is 5.05. The molecule has 190 valence electrons. The van der Waals surface area contributed by atoms with Crippen LogP contribution < -0.4 is 15.5 Å². The van der Waals surface area contributed by atoms with E-state index in [1.54, 1.807) is 23.1 Å². The van der Waals surface area contributed by atoms with E-state index in [0.29, 0.717) is 41.2 Å². The summed E-state index contributed by atoms with van der Waals surface area (Å²) in [6.45, 7) is 2.83. The standard InChI is InChI=1S/C29H30N4O4/c1-5-33(25(34)18-32(2)3)22-14-12-21(13-15-22)30-27(19-9-7-6-8-10-19)26-23-16-11-20(29(36)37-4)17-24(23)31-28(26)35/h6-17,30H,5,18H2,1-4H3,(H,31,35)/b27-26-. The second kappa shape index (κ2) is 11.1. The van der Waals surface area contributed by atoms with Crippen molar-refractivity contribution in [1.29, 1.82) is 0 Å².